The number of ketones is 2. The molecule has 31 heavy (non-hydrogen) atoms. The van der Waals surface area contributed by atoms with Crippen LogP contribution in [0.15, 0.2) is 57.3 Å². The second-order valence-electron chi connectivity index (χ2n) is 6.64. The highest BCUT2D eigenvalue weighted by Crippen LogP contribution is 2.31. The maximum atomic E-state index is 12.4. The molecule has 0 fully saturated rings. The largest absolute Gasteiger partial charge is 0.339 e. The summed E-state index contributed by atoms with van der Waals surface area (Å²) in [5.74, 6) is 5.34. The Kier molecular flexibility index (Phi) is 7.91. The molecule has 3 rings (SSSR count). The van der Waals surface area contributed by atoms with E-state index in [2.05, 4.69) is 30.9 Å². The fourth-order valence-corrected chi connectivity index (χ4v) is 3.78. The molecule has 3 N–H and O–H groups in total. The second-order valence-corrected chi connectivity index (χ2v) is 7.40. The van der Waals surface area contributed by atoms with Gasteiger partial charge in [-0.05, 0) is 46.8 Å². The number of rotatable bonds is 11. The van der Waals surface area contributed by atoms with Gasteiger partial charge in [-0.3, -0.25) is 15.0 Å². The summed E-state index contributed by atoms with van der Waals surface area (Å²) in [5, 5.41) is 15.0. The first-order valence-electron chi connectivity index (χ1n) is 9.57. The average Bonchev–Trinajstić information content (AvgIpc) is 3.09. The van der Waals surface area contributed by atoms with E-state index in [1.54, 1.807) is 12.1 Å². The van der Waals surface area contributed by atoms with E-state index in [0.29, 0.717) is 24.2 Å². The van der Waals surface area contributed by atoms with E-state index in [-0.39, 0.29) is 36.2 Å². The van der Waals surface area contributed by atoms with Gasteiger partial charge in [-0.25, -0.2) is 0 Å². The molecule has 162 valence electrons. The van der Waals surface area contributed by atoms with Gasteiger partial charge in [0.05, 0.1) is 6.54 Å². The summed E-state index contributed by atoms with van der Waals surface area (Å²) in [7, 11) is 0. The van der Waals surface area contributed by atoms with Crippen LogP contribution in [0.25, 0.3) is 21.8 Å². The standard InChI is InChI=1S/C20H21Cl2N7O2/c21-7-5-19(30)13-1-3-17-15(11-13)16-12-14(20(31)6-8-22)2-4-18(16)29(17)10-9-24-26-28-27-25-23/h1-4,11-12H,5-10H2,(H2,23,26,27)(H,24,25,28). The highest BCUT2D eigenvalue weighted by Gasteiger charge is 2.15. The fraction of sp³-hybridized carbons (Fsp3) is 0.300. The van der Waals surface area contributed by atoms with Crippen molar-refractivity contribution >= 4 is 56.6 Å². The quantitative estimate of drug-likeness (QED) is 0.108. The van der Waals surface area contributed by atoms with Crippen molar-refractivity contribution in [2.75, 3.05) is 18.3 Å². The van der Waals surface area contributed by atoms with Crippen molar-refractivity contribution < 1.29 is 9.59 Å². The number of carbonyl (C=O) groups is 2. The lowest BCUT2D eigenvalue weighted by molar-refractivity contribution is 0.0981. The van der Waals surface area contributed by atoms with Crippen molar-refractivity contribution in [3.8, 4) is 0 Å². The predicted octanol–water partition coefficient (Wildman–Crippen LogP) is 4.62. The molecule has 0 bridgehead atoms. The molecule has 0 amide bonds. The van der Waals surface area contributed by atoms with Gasteiger partial charge in [-0.1, -0.05) is 10.4 Å². The molecule has 0 aliphatic carbocycles. The van der Waals surface area contributed by atoms with Crippen LogP contribution in [0.5, 0.6) is 0 Å². The van der Waals surface area contributed by atoms with Crippen LogP contribution in [0.2, 0.25) is 0 Å². The SMILES string of the molecule is NN=NN=NNCCn1c2ccc(C(=O)CCCl)cc2c2cc(C(=O)CCCl)ccc21. The van der Waals surface area contributed by atoms with E-state index in [4.69, 9.17) is 29.0 Å². The predicted molar refractivity (Wildman–Crippen MR) is 121 cm³/mol. The van der Waals surface area contributed by atoms with Gasteiger partial charge in [-0.15, -0.1) is 23.2 Å². The molecule has 0 atom stereocenters. The number of alkyl halides is 2. The molecule has 0 radical (unpaired) electrons. The Morgan fingerprint density at radius 3 is 1.94 bits per heavy atom. The zero-order chi connectivity index (χ0) is 22.2. The summed E-state index contributed by atoms with van der Waals surface area (Å²) in [5.41, 5.74) is 5.81. The molecule has 1 aromatic heterocycles. The van der Waals surface area contributed by atoms with Crippen LogP contribution in [0.4, 0.5) is 0 Å². The Labute approximate surface area is 188 Å². The van der Waals surface area contributed by atoms with Gasteiger partial charge in [0.1, 0.15) is 0 Å². The van der Waals surface area contributed by atoms with Crippen molar-refractivity contribution in [1.82, 2.24) is 9.99 Å². The number of benzene rings is 2. The third kappa shape index (κ3) is 5.18. The maximum absolute atomic E-state index is 12.4. The van der Waals surface area contributed by atoms with Crippen LogP contribution >= 0.6 is 23.2 Å². The molecule has 2 aromatic carbocycles. The number of halogens is 2. The van der Waals surface area contributed by atoms with Gasteiger partial charge >= 0.3 is 0 Å². The van der Waals surface area contributed by atoms with Gasteiger partial charge in [0.2, 0.25) is 0 Å². The third-order valence-corrected chi connectivity index (χ3v) is 5.18. The number of hydrogen-bond donors (Lipinski definition) is 2. The van der Waals surface area contributed by atoms with E-state index in [9.17, 15) is 9.59 Å². The summed E-state index contributed by atoms with van der Waals surface area (Å²) in [6.07, 6.45) is 0.528. The molecule has 0 spiro atoms. The summed E-state index contributed by atoms with van der Waals surface area (Å²) >= 11 is 11.5. The molecule has 0 unspecified atom stereocenters. The monoisotopic (exact) mass is 461 g/mol. The topological polar surface area (TPSA) is 127 Å². The Balaban J connectivity index is 2.05. The van der Waals surface area contributed by atoms with Gasteiger partial charge in [0, 0.05) is 64.1 Å². The molecule has 0 aliphatic heterocycles. The molecule has 11 heteroatoms. The Morgan fingerprint density at radius 2 is 1.45 bits per heavy atom. The molecule has 0 saturated heterocycles. The van der Waals surface area contributed by atoms with E-state index in [1.807, 2.05) is 24.3 Å². The van der Waals surface area contributed by atoms with Crippen LogP contribution in [0.3, 0.4) is 0 Å². The second kappa shape index (κ2) is 10.8. The van der Waals surface area contributed by atoms with Crippen LogP contribution in [-0.2, 0) is 6.54 Å². The number of hydrogen-bond acceptors (Lipinski definition) is 4. The molecular formula is C20H21Cl2N7O2. The van der Waals surface area contributed by atoms with Gasteiger partial charge in [-0.2, -0.15) is 0 Å². The Bertz CT molecular complexity index is 1080. The molecule has 3 aromatic rings. The number of nitrogens with two attached hydrogens (primary N) is 1. The summed E-state index contributed by atoms with van der Waals surface area (Å²) in [6, 6.07) is 11.1. The number of nitrogens with zero attached hydrogens (tertiary/aromatic N) is 5. The average molecular weight is 462 g/mol. The number of aromatic nitrogens is 1. The van der Waals surface area contributed by atoms with Crippen molar-refractivity contribution in [2.24, 2.45) is 26.7 Å². The lowest BCUT2D eigenvalue weighted by Crippen LogP contribution is -2.14. The minimum absolute atomic E-state index is 0.0247. The van der Waals surface area contributed by atoms with Gasteiger partial charge < -0.3 is 10.4 Å². The van der Waals surface area contributed by atoms with Crippen molar-refractivity contribution in [1.29, 1.82) is 0 Å². The van der Waals surface area contributed by atoms with E-state index >= 15 is 0 Å². The molecular weight excluding hydrogens is 441 g/mol. The van der Waals surface area contributed by atoms with Crippen LogP contribution in [-0.4, -0.2) is 34.4 Å². The summed E-state index contributed by atoms with van der Waals surface area (Å²) in [6.45, 7) is 1.02. The van der Waals surface area contributed by atoms with Crippen LogP contribution < -0.4 is 11.3 Å². The number of nitrogens with one attached hydrogen (secondary N) is 1. The smallest absolute Gasteiger partial charge is 0.164 e. The molecule has 0 aliphatic rings. The van der Waals surface area contributed by atoms with Crippen molar-refractivity contribution in [3.05, 3.63) is 47.5 Å². The van der Waals surface area contributed by atoms with E-state index < -0.39 is 0 Å². The number of fused-ring (bicyclic) bond motifs is 3. The van der Waals surface area contributed by atoms with Gasteiger partial charge in [0.15, 0.2) is 11.6 Å². The van der Waals surface area contributed by atoms with Crippen molar-refractivity contribution in [3.63, 3.8) is 0 Å². The highest BCUT2D eigenvalue weighted by atomic mass is 35.5. The minimum atomic E-state index is -0.0247. The van der Waals surface area contributed by atoms with Crippen LogP contribution in [0.1, 0.15) is 33.6 Å². The summed E-state index contributed by atoms with van der Waals surface area (Å²) in [4.78, 5) is 24.7. The van der Waals surface area contributed by atoms with E-state index in [1.165, 1.54) is 0 Å². The lowest BCUT2D eigenvalue weighted by Gasteiger charge is -2.07. The van der Waals surface area contributed by atoms with Gasteiger partial charge in [0.25, 0.3) is 0 Å². The molecule has 0 saturated carbocycles. The number of carbonyl (C=O) groups excluding carboxylic acids is 2. The van der Waals surface area contributed by atoms with E-state index in [0.717, 1.165) is 21.8 Å². The normalized spacial score (nSPS) is 11.8. The zero-order valence-corrected chi connectivity index (χ0v) is 18.1. The molecule has 9 nitrogen and oxygen atoms in total. The fourth-order valence-electron chi connectivity index (χ4n) is 3.44. The first-order valence-corrected chi connectivity index (χ1v) is 10.6. The first kappa shape index (κ1) is 22.6. The zero-order valence-electron chi connectivity index (χ0n) is 16.6. The summed E-state index contributed by atoms with van der Waals surface area (Å²) < 4.78 is 2.09. The van der Waals surface area contributed by atoms with Crippen LogP contribution in [0, 0.1) is 0 Å². The third-order valence-electron chi connectivity index (χ3n) is 4.81. The number of Topliss-reactive ketones (excluding diaryl/α,β-unsaturated/α-hetero) is 2. The maximum Gasteiger partial charge on any atom is 0.164 e. The molecule has 1 heterocycles. The lowest BCUT2D eigenvalue weighted by atomic mass is 10.0. The Hall–Kier alpha value is -3.04. The Morgan fingerprint density at radius 1 is 0.903 bits per heavy atom. The minimum Gasteiger partial charge on any atom is -0.339 e. The highest BCUT2D eigenvalue weighted by molar-refractivity contribution is 6.20. The first-order chi connectivity index (χ1) is 15.1. The van der Waals surface area contributed by atoms with Crippen molar-refractivity contribution in [2.45, 2.75) is 19.4 Å².